The summed E-state index contributed by atoms with van der Waals surface area (Å²) in [4.78, 5) is 14.9. The van der Waals surface area contributed by atoms with Crippen molar-refractivity contribution in [3.05, 3.63) is 0 Å². The molecule has 0 aliphatic carbocycles. The Kier molecular flexibility index (Phi) is 6.06. The SMILES string of the molecule is COC1(C(=O)N2CCC(CCC(C)C)CC2)CCNCC1. The minimum absolute atomic E-state index is 0.230. The number of carbonyl (C=O) groups is 1. The Hall–Kier alpha value is -0.610. The Morgan fingerprint density at radius 2 is 1.90 bits per heavy atom. The number of nitrogens with one attached hydrogen (secondary N) is 1. The average molecular weight is 296 g/mol. The standard InChI is InChI=1S/C17H32N2O2/c1-14(2)4-5-15-6-12-19(13-7-15)16(20)17(21-3)8-10-18-11-9-17/h14-15,18H,4-13H2,1-3H3. The van der Waals surface area contributed by atoms with E-state index in [-0.39, 0.29) is 5.91 Å². The molecule has 2 fully saturated rings. The molecule has 0 aromatic heterocycles. The van der Waals surface area contributed by atoms with Crippen molar-refractivity contribution in [2.75, 3.05) is 33.3 Å². The Morgan fingerprint density at radius 3 is 2.43 bits per heavy atom. The van der Waals surface area contributed by atoms with Gasteiger partial charge < -0.3 is 15.0 Å². The molecule has 21 heavy (non-hydrogen) atoms. The maximum Gasteiger partial charge on any atom is 0.254 e. The molecule has 0 atom stereocenters. The highest BCUT2D eigenvalue weighted by molar-refractivity contribution is 5.85. The largest absolute Gasteiger partial charge is 0.368 e. The lowest BCUT2D eigenvalue weighted by atomic mass is 9.86. The Morgan fingerprint density at radius 1 is 1.29 bits per heavy atom. The first kappa shape index (κ1) is 16.8. The van der Waals surface area contributed by atoms with E-state index in [1.807, 2.05) is 0 Å². The highest BCUT2D eigenvalue weighted by Crippen LogP contribution is 2.29. The second kappa shape index (κ2) is 7.59. The summed E-state index contributed by atoms with van der Waals surface area (Å²) in [5.74, 6) is 1.83. The maximum atomic E-state index is 12.9. The summed E-state index contributed by atoms with van der Waals surface area (Å²) < 4.78 is 5.67. The lowest BCUT2D eigenvalue weighted by Crippen LogP contribution is -2.56. The summed E-state index contributed by atoms with van der Waals surface area (Å²) in [5, 5.41) is 3.32. The van der Waals surface area contributed by atoms with E-state index >= 15 is 0 Å². The van der Waals surface area contributed by atoms with Crippen LogP contribution >= 0.6 is 0 Å². The molecule has 2 aliphatic heterocycles. The van der Waals surface area contributed by atoms with Gasteiger partial charge in [-0.25, -0.2) is 0 Å². The molecule has 2 saturated heterocycles. The van der Waals surface area contributed by atoms with E-state index in [0.29, 0.717) is 0 Å². The molecule has 2 heterocycles. The number of carbonyl (C=O) groups excluding carboxylic acids is 1. The van der Waals surface area contributed by atoms with E-state index in [9.17, 15) is 4.79 Å². The molecule has 0 aromatic carbocycles. The molecule has 0 unspecified atom stereocenters. The van der Waals surface area contributed by atoms with Gasteiger partial charge in [-0.2, -0.15) is 0 Å². The molecular weight excluding hydrogens is 264 g/mol. The number of hydrogen-bond donors (Lipinski definition) is 1. The van der Waals surface area contributed by atoms with Crippen LogP contribution in [0.4, 0.5) is 0 Å². The highest BCUT2D eigenvalue weighted by Gasteiger charge is 2.42. The van der Waals surface area contributed by atoms with Crippen molar-refractivity contribution in [1.82, 2.24) is 10.2 Å². The van der Waals surface area contributed by atoms with Crippen LogP contribution in [-0.4, -0.2) is 49.7 Å². The predicted octanol–water partition coefficient (Wildman–Crippen LogP) is 2.43. The zero-order valence-corrected chi connectivity index (χ0v) is 14.0. The zero-order chi connectivity index (χ0) is 15.3. The third-order valence-corrected chi connectivity index (χ3v) is 5.25. The fourth-order valence-corrected chi connectivity index (χ4v) is 3.62. The number of rotatable bonds is 5. The van der Waals surface area contributed by atoms with Gasteiger partial charge in [0.15, 0.2) is 0 Å². The smallest absolute Gasteiger partial charge is 0.254 e. The summed E-state index contributed by atoms with van der Waals surface area (Å²) in [6.07, 6.45) is 6.56. The van der Waals surface area contributed by atoms with E-state index in [0.717, 1.165) is 63.7 Å². The average Bonchev–Trinajstić information content (AvgIpc) is 2.53. The normalized spacial score (nSPS) is 23.5. The van der Waals surface area contributed by atoms with Gasteiger partial charge in [0.05, 0.1) is 0 Å². The first-order valence-electron chi connectivity index (χ1n) is 8.62. The number of likely N-dealkylation sites (tertiary alicyclic amines) is 1. The predicted molar refractivity (Wildman–Crippen MR) is 85.2 cm³/mol. The van der Waals surface area contributed by atoms with Gasteiger partial charge in [0.25, 0.3) is 5.91 Å². The van der Waals surface area contributed by atoms with Crippen LogP contribution < -0.4 is 5.32 Å². The molecule has 2 aliphatic rings. The second-order valence-electron chi connectivity index (χ2n) is 7.16. The van der Waals surface area contributed by atoms with Crippen molar-refractivity contribution in [2.24, 2.45) is 11.8 Å². The molecule has 4 nitrogen and oxygen atoms in total. The van der Waals surface area contributed by atoms with Crippen LogP contribution in [0.5, 0.6) is 0 Å². The monoisotopic (exact) mass is 296 g/mol. The minimum Gasteiger partial charge on any atom is -0.368 e. The van der Waals surface area contributed by atoms with Gasteiger partial charge in [0.1, 0.15) is 5.60 Å². The molecule has 2 rings (SSSR count). The summed E-state index contributed by atoms with van der Waals surface area (Å²) in [7, 11) is 1.69. The highest BCUT2D eigenvalue weighted by atomic mass is 16.5. The topological polar surface area (TPSA) is 41.6 Å². The van der Waals surface area contributed by atoms with Crippen molar-refractivity contribution in [2.45, 2.75) is 58.0 Å². The number of hydrogen-bond acceptors (Lipinski definition) is 3. The van der Waals surface area contributed by atoms with Crippen LogP contribution in [0.1, 0.15) is 52.4 Å². The Balaban J connectivity index is 1.84. The number of ether oxygens (including phenoxy) is 1. The van der Waals surface area contributed by atoms with E-state index in [1.165, 1.54) is 12.8 Å². The van der Waals surface area contributed by atoms with E-state index in [4.69, 9.17) is 4.74 Å². The summed E-state index contributed by atoms with van der Waals surface area (Å²) >= 11 is 0. The number of amides is 1. The third-order valence-electron chi connectivity index (χ3n) is 5.25. The van der Waals surface area contributed by atoms with Crippen LogP contribution in [0.25, 0.3) is 0 Å². The van der Waals surface area contributed by atoms with Crippen molar-refractivity contribution in [3.63, 3.8) is 0 Å². The van der Waals surface area contributed by atoms with Gasteiger partial charge in [-0.05, 0) is 50.6 Å². The number of nitrogens with zero attached hydrogens (tertiary/aromatic N) is 1. The molecule has 4 heteroatoms. The summed E-state index contributed by atoms with van der Waals surface area (Å²) in [6, 6.07) is 0. The molecule has 122 valence electrons. The van der Waals surface area contributed by atoms with Crippen molar-refractivity contribution in [1.29, 1.82) is 0 Å². The zero-order valence-electron chi connectivity index (χ0n) is 14.0. The van der Waals surface area contributed by atoms with E-state index < -0.39 is 5.60 Å². The quantitative estimate of drug-likeness (QED) is 0.847. The third kappa shape index (κ3) is 4.19. The molecule has 0 radical (unpaired) electrons. The second-order valence-corrected chi connectivity index (χ2v) is 7.16. The van der Waals surface area contributed by atoms with Crippen LogP contribution in [0, 0.1) is 11.8 Å². The van der Waals surface area contributed by atoms with Crippen LogP contribution in [-0.2, 0) is 9.53 Å². The van der Waals surface area contributed by atoms with Gasteiger partial charge >= 0.3 is 0 Å². The van der Waals surface area contributed by atoms with Gasteiger partial charge in [-0.15, -0.1) is 0 Å². The summed E-state index contributed by atoms with van der Waals surface area (Å²) in [5.41, 5.74) is -0.560. The fraction of sp³-hybridized carbons (Fsp3) is 0.941. The van der Waals surface area contributed by atoms with E-state index in [2.05, 4.69) is 24.1 Å². The van der Waals surface area contributed by atoms with Crippen LogP contribution in [0.2, 0.25) is 0 Å². The molecule has 0 saturated carbocycles. The minimum atomic E-state index is -0.560. The van der Waals surface area contributed by atoms with Crippen LogP contribution in [0.15, 0.2) is 0 Å². The van der Waals surface area contributed by atoms with Gasteiger partial charge in [0.2, 0.25) is 0 Å². The lowest BCUT2D eigenvalue weighted by Gasteiger charge is -2.41. The molecule has 1 amide bonds. The Labute approximate surface area is 129 Å². The van der Waals surface area contributed by atoms with Crippen molar-refractivity contribution >= 4 is 5.91 Å². The first-order chi connectivity index (χ1) is 10.1. The molecule has 0 aromatic rings. The lowest BCUT2D eigenvalue weighted by molar-refractivity contribution is -0.159. The van der Waals surface area contributed by atoms with E-state index in [1.54, 1.807) is 7.11 Å². The van der Waals surface area contributed by atoms with Crippen molar-refractivity contribution in [3.8, 4) is 0 Å². The fourth-order valence-electron chi connectivity index (χ4n) is 3.62. The Bertz CT molecular complexity index is 330. The molecule has 0 spiro atoms. The number of methoxy groups -OCH3 is 1. The van der Waals surface area contributed by atoms with Gasteiger partial charge in [0, 0.05) is 20.2 Å². The van der Waals surface area contributed by atoms with Gasteiger partial charge in [-0.1, -0.05) is 26.7 Å². The first-order valence-corrected chi connectivity index (χ1v) is 8.62. The number of piperidine rings is 2. The molecule has 1 N–H and O–H groups in total. The molecular formula is C17H32N2O2. The van der Waals surface area contributed by atoms with Crippen LogP contribution in [0.3, 0.4) is 0 Å². The molecule has 0 bridgehead atoms. The van der Waals surface area contributed by atoms with Crippen molar-refractivity contribution < 1.29 is 9.53 Å². The van der Waals surface area contributed by atoms with Gasteiger partial charge in [-0.3, -0.25) is 4.79 Å². The summed E-state index contributed by atoms with van der Waals surface area (Å²) in [6.45, 7) is 8.17. The maximum absolute atomic E-state index is 12.9.